The zero-order valence-corrected chi connectivity index (χ0v) is 9.39. The molecule has 1 fully saturated rings. The van der Waals surface area contributed by atoms with Gasteiger partial charge in [0.15, 0.2) is 6.29 Å². The summed E-state index contributed by atoms with van der Waals surface area (Å²) >= 11 is 11.7. The van der Waals surface area contributed by atoms with Crippen LogP contribution in [0.1, 0.15) is 20.8 Å². The Kier molecular flexibility index (Phi) is 2.93. The highest BCUT2D eigenvalue weighted by Crippen LogP contribution is 2.38. The van der Waals surface area contributed by atoms with Gasteiger partial charge >= 0.3 is 0 Å². The molecule has 1 saturated heterocycles. The fraction of sp³-hybridized carbons (Fsp3) is 0.875. The standard InChI is InChI=1S/C8H13Cl2NO2/c1-6-4-13-7(2,3)11(6)8(9,10)5-12/h5-6H,4H2,1-3H3. The molecule has 0 amide bonds. The van der Waals surface area contributed by atoms with E-state index in [4.69, 9.17) is 27.9 Å². The molecule has 0 aliphatic carbocycles. The molecule has 76 valence electrons. The number of aldehydes is 1. The molecule has 0 aromatic rings. The van der Waals surface area contributed by atoms with E-state index in [9.17, 15) is 4.79 Å². The highest BCUT2D eigenvalue weighted by Gasteiger charge is 2.49. The van der Waals surface area contributed by atoms with E-state index in [2.05, 4.69) is 0 Å². The molecule has 5 heteroatoms. The summed E-state index contributed by atoms with van der Waals surface area (Å²) in [5, 5.41) is 0. The van der Waals surface area contributed by atoms with E-state index in [1.54, 1.807) is 4.90 Å². The Hall–Kier alpha value is 0.170. The van der Waals surface area contributed by atoms with Crippen molar-refractivity contribution in [2.45, 2.75) is 37.0 Å². The Bertz CT molecular complexity index is 218. The summed E-state index contributed by atoms with van der Waals surface area (Å²) in [4.78, 5) is 12.3. The van der Waals surface area contributed by atoms with E-state index in [1.165, 1.54) is 0 Å². The smallest absolute Gasteiger partial charge is 0.229 e. The number of rotatable bonds is 2. The number of carbonyl (C=O) groups excluding carboxylic acids is 1. The summed E-state index contributed by atoms with van der Waals surface area (Å²) < 4.78 is 3.95. The summed E-state index contributed by atoms with van der Waals surface area (Å²) in [6, 6.07) is 0.0372. The van der Waals surface area contributed by atoms with Crippen LogP contribution in [-0.4, -0.2) is 34.0 Å². The number of hydrogen-bond acceptors (Lipinski definition) is 3. The van der Waals surface area contributed by atoms with Crippen LogP contribution >= 0.6 is 23.2 Å². The lowest BCUT2D eigenvalue weighted by atomic mass is 10.2. The maximum atomic E-state index is 10.7. The largest absolute Gasteiger partial charge is 0.359 e. The molecule has 0 bridgehead atoms. The van der Waals surface area contributed by atoms with E-state index in [0.29, 0.717) is 12.9 Å². The normalized spacial score (nSPS) is 29.2. The van der Waals surface area contributed by atoms with Gasteiger partial charge in [0.25, 0.3) is 0 Å². The Morgan fingerprint density at radius 1 is 1.62 bits per heavy atom. The minimum Gasteiger partial charge on any atom is -0.359 e. The summed E-state index contributed by atoms with van der Waals surface area (Å²) in [6.07, 6.45) is 0.517. The topological polar surface area (TPSA) is 29.5 Å². The van der Waals surface area contributed by atoms with Crippen molar-refractivity contribution in [3.8, 4) is 0 Å². The van der Waals surface area contributed by atoms with Gasteiger partial charge in [0.1, 0.15) is 5.72 Å². The van der Waals surface area contributed by atoms with Crippen molar-refractivity contribution in [3.63, 3.8) is 0 Å². The minimum absolute atomic E-state index is 0.0372. The SMILES string of the molecule is CC1COC(C)(C)N1C(Cl)(Cl)C=O. The van der Waals surface area contributed by atoms with E-state index in [1.807, 2.05) is 20.8 Å². The molecule has 0 spiro atoms. The lowest BCUT2D eigenvalue weighted by Gasteiger charge is -2.38. The van der Waals surface area contributed by atoms with Crippen LogP contribution in [0.4, 0.5) is 0 Å². The van der Waals surface area contributed by atoms with Gasteiger partial charge < -0.3 is 4.74 Å². The molecule has 1 heterocycles. The Morgan fingerprint density at radius 3 is 2.46 bits per heavy atom. The summed E-state index contributed by atoms with van der Waals surface area (Å²) in [7, 11) is 0. The Labute approximate surface area is 87.9 Å². The second-order valence-electron chi connectivity index (χ2n) is 3.68. The van der Waals surface area contributed by atoms with Gasteiger partial charge in [-0.3, -0.25) is 4.79 Å². The number of nitrogens with zero attached hydrogens (tertiary/aromatic N) is 1. The number of alkyl halides is 2. The molecule has 0 saturated carbocycles. The van der Waals surface area contributed by atoms with Gasteiger partial charge in [-0.05, 0) is 20.8 Å². The highest BCUT2D eigenvalue weighted by molar-refractivity contribution is 6.55. The predicted molar refractivity (Wildman–Crippen MR) is 51.8 cm³/mol. The third kappa shape index (κ3) is 1.99. The fourth-order valence-electron chi connectivity index (χ4n) is 1.71. The van der Waals surface area contributed by atoms with Crippen LogP contribution in [0.3, 0.4) is 0 Å². The van der Waals surface area contributed by atoms with Gasteiger partial charge in [-0.2, -0.15) is 0 Å². The number of carbonyl (C=O) groups is 1. The third-order valence-corrected chi connectivity index (χ3v) is 2.70. The van der Waals surface area contributed by atoms with Gasteiger partial charge in [0.05, 0.1) is 6.61 Å². The molecule has 1 rings (SSSR count). The van der Waals surface area contributed by atoms with E-state index >= 15 is 0 Å². The predicted octanol–water partition coefficient (Wildman–Crippen LogP) is 1.77. The molecule has 0 aromatic carbocycles. The molecule has 0 N–H and O–H groups in total. The highest BCUT2D eigenvalue weighted by atomic mass is 35.5. The summed E-state index contributed by atoms with van der Waals surface area (Å²) in [5.74, 6) is 0. The van der Waals surface area contributed by atoms with Gasteiger partial charge in [-0.25, -0.2) is 4.90 Å². The molecule has 1 aliphatic heterocycles. The number of ether oxygens (including phenoxy) is 1. The van der Waals surface area contributed by atoms with Gasteiger partial charge in [-0.1, -0.05) is 23.2 Å². The van der Waals surface area contributed by atoms with Gasteiger partial charge in [-0.15, -0.1) is 0 Å². The second kappa shape index (κ2) is 3.39. The maximum Gasteiger partial charge on any atom is 0.229 e. The maximum absolute atomic E-state index is 10.7. The van der Waals surface area contributed by atoms with Crippen molar-refractivity contribution in [1.82, 2.24) is 4.90 Å². The molecule has 0 aromatic heterocycles. The van der Waals surface area contributed by atoms with Crippen molar-refractivity contribution in [2.75, 3.05) is 6.61 Å². The van der Waals surface area contributed by atoms with Crippen molar-refractivity contribution in [2.24, 2.45) is 0 Å². The Balaban J connectivity index is 2.94. The third-order valence-electron chi connectivity index (χ3n) is 2.16. The molecule has 1 unspecified atom stereocenters. The molecule has 0 radical (unpaired) electrons. The van der Waals surface area contributed by atoms with Gasteiger partial charge in [0, 0.05) is 6.04 Å². The second-order valence-corrected chi connectivity index (χ2v) is 5.03. The first-order valence-electron chi connectivity index (χ1n) is 4.09. The van der Waals surface area contributed by atoms with E-state index < -0.39 is 10.2 Å². The van der Waals surface area contributed by atoms with Crippen LogP contribution in [0.2, 0.25) is 0 Å². The zero-order chi connectivity index (χ0) is 10.3. The number of hydrogen-bond donors (Lipinski definition) is 0. The quantitative estimate of drug-likeness (QED) is 0.408. The molecule has 3 nitrogen and oxygen atoms in total. The molecule has 1 aliphatic rings. The lowest BCUT2D eigenvalue weighted by Crippen LogP contribution is -2.53. The fourth-order valence-corrected chi connectivity index (χ4v) is 2.45. The molecule has 13 heavy (non-hydrogen) atoms. The average molecular weight is 226 g/mol. The van der Waals surface area contributed by atoms with Crippen LogP contribution < -0.4 is 0 Å². The van der Waals surface area contributed by atoms with E-state index in [0.717, 1.165) is 0 Å². The first-order chi connectivity index (χ1) is 5.81. The number of halogens is 2. The molecular weight excluding hydrogens is 213 g/mol. The van der Waals surface area contributed by atoms with E-state index in [-0.39, 0.29) is 6.04 Å². The first kappa shape index (κ1) is 11.2. The van der Waals surface area contributed by atoms with Crippen molar-refractivity contribution in [3.05, 3.63) is 0 Å². The van der Waals surface area contributed by atoms with Crippen molar-refractivity contribution < 1.29 is 9.53 Å². The monoisotopic (exact) mass is 225 g/mol. The summed E-state index contributed by atoms with van der Waals surface area (Å²) in [5.41, 5.74) is -0.593. The van der Waals surface area contributed by atoms with Crippen molar-refractivity contribution in [1.29, 1.82) is 0 Å². The Morgan fingerprint density at radius 2 is 2.15 bits per heavy atom. The van der Waals surface area contributed by atoms with Crippen LogP contribution in [-0.2, 0) is 9.53 Å². The summed E-state index contributed by atoms with van der Waals surface area (Å²) in [6.45, 7) is 6.11. The lowest BCUT2D eigenvalue weighted by molar-refractivity contribution is -0.119. The van der Waals surface area contributed by atoms with Crippen molar-refractivity contribution >= 4 is 29.5 Å². The van der Waals surface area contributed by atoms with Crippen LogP contribution in [0, 0.1) is 0 Å². The van der Waals surface area contributed by atoms with Gasteiger partial charge in [0.2, 0.25) is 4.46 Å². The minimum atomic E-state index is -1.50. The first-order valence-corrected chi connectivity index (χ1v) is 4.84. The van der Waals surface area contributed by atoms with Crippen LogP contribution in [0.5, 0.6) is 0 Å². The molecular formula is C8H13Cl2NO2. The zero-order valence-electron chi connectivity index (χ0n) is 7.88. The van der Waals surface area contributed by atoms with Crippen LogP contribution in [0.25, 0.3) is 0 Å². The average Bonchev–Trinajstić information content (AvgIpc) is 2.26. The van der Waals surface area contributed by atoms with Crippen LogP contribution in [0.15, 0.2) is 0 Å². The molecule has 1 atom stereocenters.